The van der Waals surface area contributed by atoms with E-state index in [0.717, 1.165) is 56.9 Å². The third-order valence-corrected chi connectivity index (χ3v) is 15.0. The highest BCUT2D eigenvalue weighted by molar-refractivity contribution is 5.19. The molecule has 0 aromatic rings. The summed E-state index contributed by atoms with van der Waals surface area (Å²) in [5, 5.41) is 84.2. The van der Waals surface area contributed by atoms with E-state index in [4.69, 9.17) is 9.47 Å². The molecule has 0 amide bonds. The van der Waals surface area contributed by atoms with Crippen LogP contribution < -0.4 is 0 Å². The number of hydrogen-bond acceptors (Lipinski definition) is 10. The van der Waals surface area contributed by atoms with Crippen molar-refractivity contribution in [3.63, 3.8) is 0 Å². The zero-order valence-electron chi connectivity index (χ0n) is 28.6. The Balaban J connectivity index is 1.37. The van der Waals surface area contributed by atoms with E-state index in [2.05, 4.69) is 27.7 Å². The lowest BCUT2D eigenvalue weighted by Crippen LogP contribution is -2.69. The van der Waals surface area contributed by atoms with Crippen LogP contribution in [0.1, 0.15) is 98.8 Å². The predicted octanol–water partition coefficient (Wildman–Crippen LogP) is 2.27. The summed E-state index contributed by atoms with van der Waals surface area (Å²) in [5.74, 6) is 0.564. The molecule has 10 heteroatoms. The van der Waals surface area contributed by atoms with Crippen LogP contribution in [0.4, 0.5) is 0 Å². The third-order valence-electron chi connectivity index (χ3n) is 15.0. The van der Waals surface area contributed by atoms with Gasteiger partial charge in [0.2, 0.25) is 0 Å². The summed E-state index contributed by atoms with van der Waals surface area (Å²) in [5.41, 5.74) is -0.545. The van der Waals surface area contributed by atoms with Crippen LogP contribution >= 0.6 is 0 Å². The average molecular weight is 655 g/mol. The Morgan fingerprint density at radius 1 is 0.783 bits per heavy atom. The molecular formula is C36H62O10. The van der Waals surface area contributed by atoms with Crippen molar-refractivity contribution in [1.82, 2.24) is 0 Å². The molecule has 0 aromatic heterocycles. The van der Waals surface area contributed by atoms with Gasteiger partial charge in [-0.25, -0.2) is 0 Å². The molecule has 1 aliphatic heterocycles. The van der Waals surface area contributed by atoms with E-state index in [9.17, 15) is 40.9 Å². The fraction of sp³-hybridized carbons (Fsp3) is 0.944. The van der Waals surface area contributed by atoms with Crippen LogP contribution in [-0.2, 0) is 9.47 Å². The van der Waals surface area contributed by atoms with Gasteiger partial charge in [-0.05, 0) is 105 Å². The zero-order valence-corrected chi connectivity index (χ0v) is 28.6. The number of aliphatic hydroxyl groups is 8. The van der Waals surface area contributed by atoms with Crippen molar-refractivity contribution in [2.24, 2.45) is 44.8 Å². The van der Waals surface area contributed by atoms with Crippen LogP contribution in [0.3, 0.4) is 0 Å². The van der Waals surface area contributed by atoms with Crippen molar-refractivity contribution in [3.8, 4) is 0 Å². The van der Waals surface area contributed by atoms with Crippen LogP contribution in [0.2, 0.25) is 0 Å². The molecule has 0 bridgehead atoms. The second kappa shape index (κ2) is 13.2. The molecule has 2 unspecified atom stereocenters. The Morgan fingerprint density at radius 2 is 1.50 bits per heavy atom. The van der Waals surface area contributed by atoms with Gasteiger partial charge in [0.05, 0.1) is 38.6 Å². The number of allylic oxidation sites excluding steroid dienone is 1. The second-order valence-corrected chi connectivity index (χ2v) is 16.9. The van der Waals surface area contributed by atoms with E-state index < -0.39 is 60.4 Å². The summed E-state index contributed by atoms with van der Waals surface area (Å²) in [4.78, 5) is 0. The molecule has 46 heavy (non-hydrogen) atoms. The molecule has 266 valence electrons. The van der Waals surface area contributed by atoms with Crippen molar-refractivity contribution in [2.45, 2.75) is 142 Å². The van der Waals surface area contributed by atoms with Gasteiger partial charge in [-0.3, -0.25) is 0 Å². The Hall–Kier alpha value is -0.660. The van der Waals surface area contributed by atoms with Gasteiger partial charge < -0.3 is 50.3 Å². The number of fused-ring (bicyclic) bond motifs is 5. The second-order valence-electron chi connectivity index (χ2n) is 16.9. The smallest absolute Gasteiger partial charge is 0.186 e. The quantitative estimate of drug-likeness (QED) is 0.136. The van der Waals surface area contributed by atoms with Crippen LogP contribution in [0, 0.1) is 44.8 Å². The highest BCUT2D eigenvalue weighted by Gasteiger charge is 2.70. The van der Waals surface area contributed by atoms with Gasteiger partial charge in [0.15, 0.2) is 6.29 Å². The van der Waals surface area contributed by atoms with Crippen LogP contribution in [0.15, 0.2) is 11.6 Å². The summed E-state index contributed by atoms with van der Waals surface area (Å²) >= 11 is 0. The molecule has 8 N–H and O–H groups in total. The minimum atomic E-state index is -1.52. The topological polar surface area (TPSA) is 180 Å². The molecule has 5 rings (SSSR count). The van der Waals surface area contributed by atoms with Crippen molar-refractivity contribution in [2.75, 3.05) is 26.4 Å². The largest absolute Gasteiger partial charge is 0.396 e. The average Bonchev–Trinajstić information content (AvgIpc) is 3.04. The first kappa shape index (κ1) is 36.6. The van der Waals surface area contributed by atoms with Gasteiger partial charge in [-0.15, -0.1) is 0 Å². The Labute approximate surface area is 274 Å². The van der Waals surface area contributed by atoms with Gasteiger partial charge in [0.25, 0.3) is 0 Å². The molecule has 1 heterocycles. The Bertz CT molecular complexity index is 1100. The van der Waals surface area contributed by atoms with E-state index in [0.29, 0.717) is 18.8 Å². The molecule has 0 aromatic carbocycles. The lowest BCUT2D eigenvalue weighted by molar-refractivity contribution is -0.335. The van der Waals surface area contributed by atoms with Gasteiger partial charge >= 0.3 is 0 Å². The molecular weight excluding hydrogens is 592 g/mol. The number of aliphatic hydroxyl groups excluding tert-OH is 8. The molecule has 4 saturated carbocycles. The van der Waals surface area contributed by atoms with Crippen LogP contribution in [0.5, 0.6) is 0 Å². The first-order chi connectivity index (χ1) is 21.6. The lowest BCUT2D eigenvalue weighted by atomic mass is 9.33. The molecule has 5 fully saturated rings. The third kappa shape index (κ3) is 5.46. The lowest BCUT2D eigenvalue weighted by Gasteiger charge is -2.72. The fourth-order valence-electron chi connectivity index (χ4n) is 11.8. The Morgan fingerprint density at radius 3 is 2.13 bits per heavy atom. The van der Waals surface area contributed by atoms with Gasteiger partial charge in [0, 0.05) is 10.8 Å². The minimum absolute atomic E-state index is 0.0187. The normalized spacial score (nSPS) is 52.8. The summed E-state index contributed by atoms with van der Waals surface area (Å²) in [6.07, 6.45) is 2.47. The summed E-state index contributed by atoms with van der Waals surface area (Å²) in [6.45, 7) is 10.5. The molecule has 1 saturated heterocycles. The SMILES string of the molecule is C/C(=C/CC[C@]1(CO)CC[C@]2(C)[C@H](CCC3[C@@]4(C)CC[C@H](O[C@@H]5O[C@H](CO)[C@@H](O)[C@H](O)[C@H]5O)[C@@](C)(CO)C4CC[C@]32C)[C@H]1O)CO. The molecule has 4 aliphatic carbocycles. The van der Waals surface area contributed by atoms with E-state index in [1.807, 2.05) is 13.0 Å². The summed E-state index contributed by atoms with van der Waals surface area (Å²) < 4.78 is 12.1. The number of rotatable bonds is 9. The van der Waals surface area contributed by atoms with E-state index in [1.165, 1.54) is 0 Å². The van der Waals surface area contributed by atoms with Crippen LogP contribution in [0.25, 0.3) is 0 Å². The first-order valence-corrected chi connectivity index (χ1v) is 17.7. The van der Waals surface area contributed by atoms with Crippen molar-refractivity contribution in [3.05, 3.63) is 11.6 Å². The predicted molar refractivity (Wildman–Crippen MR) is 171 cm³/mol. The Kier molecular flexibility index (Phi) is 10.5. The molecule has 10 nitrogen and oxygen atoms in total. The maximum Gasteiger partial charge on any atom is 0.186 e. The van der Waals surface area contributed by atoms with Crippen molar-refractivity contribution < 1.29 is 50.3 Å². The standard InChI is InChI=1S/C36H62O10/c1-21(17-37)7-6-12-36(20-40)16-15-34(4)22(30(36)44)8-9-25-32(2)13-11-26(33(3,19-39)24(32)10-14-35(25,34)5)46-31-29(43)28(42)27(41)23(18-38)45-31/h7,22-31,37-44H,6,8-20H2,1-5H3/b21-7-/t22-,23-,24?,25?,26+,27-,28+,29-,30-,31+,32+,33+,34-,35-,36-/m1/s1. The number of ether oxygens (including phenoxy) is 2. The highest BCUT2D eigenvalue weighted by Crippen LogP contribution is 2.75. The van der Waals surface area contributed by atoms with Gasteiger partial charge in [0.1, 0.15) is 24.4 Å². The summed E-state index contributed by atoms with van der Waals surface area (Å²) in [6, 6.07) is 0. The monoisotopic (exact) mass is 654 g/mol. The molecule has 0 radical (unpaired) electrons. The molecule has 5 aliphatic rings. The molecule has 0 spiro atoms. The maximum absolute atomic E-state index is 12.0. The maximum atomic E-state index is 12.0. The molecule has 15 atom stereocenters. The van der Waals surface area contributed by atoms with E-state index in [-0.39, 0.29) is 47.9 Å². The van der Waals surface area contributed by atoms with Crippen molar-refractivity contribution >= 4 is 0 Å². The zero-order chi connectivity index (χ0) is 33.9. The van der Waals surface area contributed by atoms with E-state index in [1.54, 1.807) is 0 Å². The van der Waals surface area contributed by atoms with Crippen LogP contribution in [-0.4, -0.2) is 110 Å². The minimum Gasteiger partial charge on any atom is -0.396 e. The fourth-order valence-corrected chi connectivity index (χ4v) is 11.8. The summed E-state index contributed by atoms with van der Waals surface area (Å²) in [7, 11) is 0. The first-order valence-electron chi connectivity index (χ1n) is 17.7. The highest BCUT2D eigenvalue weighted by atomic mass is 16.7. The number of hydrogen-bond donors (Lipinski definition) is 8. The van der Waals surface area contributed by atoms with E-state index >= 15 is 0 Å². The van der Waals surface area contributed by atoms with Gasteiger partial charge in [-0.1, -0.05) is 39.3 Å². The van der Waals surface area contributed by atoms with Gasteiger partial charge in [-0.2, -0.15) is 0 Å². The van der Waals surface area contributed by atoms with Crippen molar-refractivity contribution in [1.29, 1.82) is 0 Å².